The molecule has 1 saturated heterocycles. The zero-order valence-electron chi connectivity index (χ0n) is 16.5. The average molecular weight is 372 g/mol. The third-order valence-electron chi connectivity index (χ3n) is 5.76. The van der Waals surface area contributed by atoms with Crippen molar-refractivity contribution in [2.24, 2.45) is 11.8 Å². The summed E-state index contributed by atoms with van der Waals surface area (Å²) in [5.41, 5.74) is 2.10. The Balaban J connectivity index is 1.37. The molecule has 2 amide bonds. The summed E-state index contributed by atoms with van der Waals surface area (Å²) in [4.78, 5) is 26.6. The lowest BCUT2D eigenvalue weighted by molar-refractivity contribution is -0.124. The monoisotopic (exact) mass is 371 g/mol. The second kappa shape index (κ2) is 9.88. The van der Waals surface area contributed by atoms with Gasteiger partial charge in [-0.2, -0.15) is 0 Å². The van der Waals surface area contributed by atoms with Crippen LogP contribution in [0.25, 0.3) is 0 Å². The molecular formula is C22H33N3O2. The quantitative estimate of drug-likeness (QED) is 0.770. The first-order chi connectivity index (χ1) is 13.1. The van der Waals surface area contributed by atoms with Crippen LogP contribution in [0.5, 0.6) is 0 Å². The van der Waals surface area contributed by atoms with E-state index < -0.39 is 0 Å². The number of carbonyl (C=O) groups excluding carboxylic acids is 2. The van der Waals surface area contributed by atoms with Gasteiger partial charge in [0.15, 0.2) is 0 Å². The molecule has 0 unspecified atom stereocenters. The van der Waals surface area contributed by atoms with Gasteiger partial charge in [0.05, 0.1) is 0 Å². The molecule has 148 valence electrons. The maximum absolute atomic E-state index is 12.1. The summed E-state index contributed by atoms with van der Waals surface area (Å²) in [5.74, 6) is 0.992. The predicted molar refractivity (Wildman–Crippen MR) is 108 cm³/mol. The van der Waals surface area contributed by atoms with Crippen molar-refractivity contribution in [2.75, 3.05) is 25.0 Å². The third kappa shape index (κ3) is 6.35. The fraction of sp³-hybridized carbons (Fsp3) is 0.636. The molecule has 2 aliphatic rings. The van der Waals surface area contributed by atoms with E-state index in [4.69, 9.17) is 0 Å². The standard InChI is InChI=1S/C22H33N3O2/c1-17-5-4-14-25(15-17)16-18-8-10-20(11-9-18)24-21(26)12-13-23-22(27)19-6-2-3-7-19/h8-11,17,19H,2-7,12-16H2,1H3,(H,23,27)(H,24,26)/t17-/m0/s1. The van der Waals surface area contributed by atoms with E-state index in [0.29, 0.717) is 13.0 Å². The number of rotatable bonds is 7. The number of benzene rings is 1. The molecule has 1 aliphatic heterocycles. The fourth-order valence-corrected chi connectivity index (χ4v) is 4.24. The molecule has 1 atom stereocenters. The molecule has 5 heteroatoms. The first-order valence-corrected chi connectivity index (χ1v) is 10.5. The Morgan fingerprint density at radius 2 is 1.81 bits per heavy atom. The summed E-state index contributed by atoms with van der Waals surface area (Å²) in [6, 6.07) is 8.13. The molecular weight excluding hydrogens is 338 g/mol. The molecule has 5 nitrogen and oxygen atoms in total. The van der Waals surface area contributed by atoms with Crippen LogP contribution in [0.1, 0.15) is 57.4 Å². The topological polar surface area (TPSA) is 61.4 Å². The highest BCUT2D eigenvalue weighted by atomic mass is 16.2. The van der Waals surface area contributed by atoms with Gasteiger partial charge in [0.25, 0.3) is 0 Å². The molecule has 2 N–H and O–H groups in total. The molecule has 2 fully saturated rings. The van der Waals surface area contributed by atoms with Crippen molar-refractivity contribution in [3.05, 3.63) is 29.8 Å². The second-order valence-corrected chi connectivity index (χ2v) is 8.25. The van der Waals surface area contributed by atoms with E-state index >= 15 is 0 Å². The van der Waals surface area contributed by atoms with E-state index in [9.17, 15) is 9.59 Å². The number of hydrogen-bond donors (Lipinski definition) is 2. The van der Waals surface area contributed by atoms with Crippen LogP contribution in [0.3, 0.4) is 0 Å². The maximum atomic E-state index is 12.1. The van der Waals surface area contributed by atoms with Crippen LogP contribution in [0, 0.1) is 11.8 Å². The van der Waals surface area contributed by atoms with Gasteiger partial charge in [-0.05, 0) is 55.8 Å². The van der Waals surface area contributed by atoms with E-state index in [-0.39, 0.29) is 17.7 Å². The van der Waals surface area contributed by atoms with Gasteiger partial charge >= 0.3 is 0 Å². The molecule has 1 aromatic rings. The number of amides is 2. The lowest BCUT2D eigenvalue weighted by atomic mass is 10.00. The van der Waals surface area contributed by atoms with Crippen molar-refractivity contribution < 1.29 is 9.59 Å². The summed E-state index contributed by atoms with van der Waals surface area (Å²) in [6.45, 7) is 6.06. The SMILES string of the molecule is C[C@H]1CCCN(Cc2ccc(NC(=O)CCNC(=O)C3CCCC3)cc2)C1. The Morgan fingerprint density at radius 3 is 2.52 bits per heavy atom. The molecule has 3 rings (SSSR count). The largest absolute Gasteiger partial charge is 0.355 e. The van der Waals surface area contributed by atoms with Crippen molar-refractivity contribution in [3.63, 3.8) is 0 Å². The summed E-state index contributed by atoms with van der Waals surface area (Å²) in [5, 5.41) is 5.81. The van der Waals surface area contributed by atoms with Crippen LogP contribution < -0.4 is 10.6 Å². The van der Waals surface area contributed by atoms with Crippen LogP contribution in [0.4, 0.5) is 5.69 Å². The summed E-state index contributed by atoms with van der Waals surface area (Å²) >= 11 is 0. The number of carbonyl (C=O) groups is 2. The lowest BCUT2D eigenvalue weighted by Crippen LogP contribution is -2.33. The molecule has 0 bridgehead atoms. The van der Waals surface area contributed by atoms with Crippen LogP contribution in [-0.2, 0) is 16.1 Å². The predicted octanol–water partition coefficient (Wildman–Crippen LogP) is 3.55. The van der Waals surface area contributed by atoms with Crippen molar-refractivity contribution in [1.82, 2.24) is 10.2 Å². The minimum absolute atomic E-state index is 0.0562. The van der Waals surface area contributed by atoms with E-state index in [0.717, 1.165) is 43.8 Å². The molecule has 0 spiro atoms. The maximum Gasteiger partial charge on any atom is 0.226 e. The Labute approximate surface area is 162 Å². The fourth-order valence-electron chi connectivity index (χ4n) is 4.24. The summed E-state index contributed by atoms with van der Waals surface area (Å²) in [7, 11) is 0. The van der Waals surface area contributed by atoms with Crippen LogP contribution in [-0.4, -0.2) is 36.3 Å². The normalized spacial score (nSPS) is 21.1. The van der Waals surface area contributed by atoms with Crippen LogP contribution >= 0.6 is 0 Å². The first-order valence-electron chi connectivity index (χ1n) is 10.5. The zero-order chi connectivity index (χ0) is 19.1. The minimum atomic E-state index is -0.0562. The molecule has 1 aromatic carbocycles. The molecule has 0 radical (unpaired) electrons. The van der Waals surface area contributed by atoms with Crippen molar-refractivity contribution in [1.29, 1.82) is 0 Å². The Bertz CT molecular complexity index is 623. The van der Waals surface area contributed by atoms with Crippen LogP contribution in [0.2, 0.25) is 0 Å². The molecule has 0 aromatic heterocycles. The highest BCUT2D eigenvalue weighted by Crippen LogP contribution is 2.24. The number of likely N-dealkylation sites (tertiary alicyclic amines) is 1. The molecule has 1 saturated carbocycles. The van der Waals surface area contributed by atoms with Gasteiger partial charge in [-0.1, -0.05) is 31.9 Å². The molecule has 1 aliphatic carbocycles. The Kier molecular flexibility index (Phi) is 7.27. The number of anilines is 1. The number of hydrogen-bond acceptors (Lipinski definition) is 3. The lowest BCUT2D eigenvalue weighted by Gasteiger charge is -2.30. The highest BCUT2D eigenvalue weighted by molar-refractivity contribution is 5.91. The van der Waals surface area contributed by atoms with Crippen LogP contribution in [0.15, 0.2) is 24.3 Å². The van der Waals surface area contributed by atoms with E-state index in [1.54, 1.807) is 0 Å². The van der Waals surface area contributed by atoms with Crippen molar-refractivity contribution in [2.45, 2.75) is 58.4 Å². The molecule has 27 heavy (non-hydrogen) atoms. The van der Waals surface area contributed by atoms with E-state index in [1.807, 2.05) is 12.1 Å². The van der Waals surface area contributed by atoms with Gasteiger partial charge in [-0.3, -0.25) is 14.5 Å². The average Bonchev–Trinajstić information content (AvgIpc) is 3.18. The number of nitrogens with zero attached hydrogens (tertiary/aromatic N) is 1. The van der Waals surface area contributed by atoms with Crippen molar-refractivity contribution >= 4 is 17.5 Å². The Hall–Kier alpha value is -1.88. The van der Waals surface area contributed by atoms with Crippen molar-refractivity contribution in [3.8, 4) is 0 Å². The van der Waals surface area contributed by atoms with Gasteiger partial charge in [0.2, 0.25) is 11.8 Å². The van der Waals surface area contributed by atoms with Gasteiger partial charge in [0.1, 0.15) is 0 Å². The van der Waals surface area contributed by atoms with E-state index in [1.165, 1.54) is 31.5 Å². The van der Waals surface area contributed by atoms with Gasteiger partial charge < -0.3 is 10.6 Å². The molecule has 1 heterocycles. The Morgan fingerprint density at radius 1 is 1.07 bits per heavy atom. The van der Waals surface area contributed by atoms with Gasteiger partial charge in [-0.25, -0.2) is 0 Å². The zero-order valence-corrected chi connectivity index (χ0v) is 16.5. The number of piperidine rings is 1. The third-order valence-corrected chi connectivity index (χ3v) is 5.76. The summed E-state index contributed by atoms with van der Waals surface area (Å²) in [6.07, 6.45) is 7.19. The first kappa shape index (κ1) is 19.9. The minimum Gasteiger partial charge on any atom is -0.355 e. The summed E-state index contributed by atoms with van der Waals surface area (Å²) < 4.78 is 0. The second-order valence-electron chi connectivity index (χ2n) is 8.25. The number of nitrogens with one attached hydrogen (secondary N) is 2. The van der Waals surface area contributed by atoms with Gasteiger partial charge in [-0.15, -0.1) is 0 Å². The smallest absolute Gasteiger partial charge is 0.226 e. The van der Waals surface area contributed by atoms with E-state index in [2.05, 4.69) is 34.6 Å². The highest BCUT2D eigenvalue weighted by Gasteiger charge is 2.22. The van der Waals surface area contributed by atoms with Gasteiger partial charge in [0, 0.05) is 37.7 Å².